The number of amides is 1. The van der Waals surface area contributed by atoms with Crippen LogP contribution in [0.1, 0.15) is 43.9 Å². The average Bonchev–Trinajstić information content (AvgIpc) is 3.77. The minimum Gasteiger partial charge on any atom is -0.493 e. The summed E-state index contributed by atoms with van der Waals surface area (Å²) in [5, 5.41) is 0. The number of likely N-dealkylation sites (tertiary alicyclic amines) is 1. The fourth-order valence-electron chi connectivity index (χ4n) is 5.43. The van der Waals surface area contributed by atoms with Gasteiger partial charge in [-0.2, -0.15) is 0 Å². The maximum absolute atomic E-state index is 13.9. The van der Waals surface area contributed by atoms with Gasteiger partial charge >= 0.3 is 5.97 Å². The number of hydrogen-bond acceptors (Lipinski definition) is 10. The number of hydrogen-bond donors (Lipinski definition) is 0. The van der Waals surface area contributed by atoms with E-state index < -0.39 is 12.0 Å². The molecule has 0 aliphatic carbocycles. The smallest absolute Gasteiger partial charge is 0.338 e. The zero-order valence-corrected chi connectivity index (χ0v) is 24.9. The fraction of sp³-hybridized carbons (Fsp3) is 0.355. The van der Waals surface area contributed by atoms with Gasteiger partial charge in [0.05, 0.1) is 35.6 Å². The summed E-state index contributed by atoms with van der Waals surface area (Å²) < 4.78 is 29.7. The molecule has 3 aliphatic rings. The van der Waals surface area contributed by atoms with Crippen LogP contribution in [0.25, 0.3) is 6.08 Å². The molecule has 2 aromatic carbocycles. The van der Waals surface area contributed by atoms with Gasteiger partial charge in [-0.25, -0.2) is 9.79 Å². The van der Waals surface area contributed by atoms with Crippen LogP contribution in [-0.4, -0.2) is 61.5 Å². The van der Waals surface area contributed by atoms with E-state index >= 15 is 0 Å². The van der Waals surface area contributed by atoms with Gasteiger partial charge < -0.3 is 28.6 Å². The molecule has 12 heteroatoms. The molecule has 1 aromatic heterocycles. The van der Waals surface area contributed by atoms with Gasteiger partial charge in [0.25, 0.3) is 11.5 Å². The number of aromatic nitrogens is 1. The molecule has 1 fully saturated rings. The lowest BCUT2D eigenvalue weighted by Crippen LogP contribution is -2.39. The molecule has 0 N–H and O–H groups in total. The van der Waals surface area contributed by atoms with Gasteiger partial charge in [-0.15, -0.1) is 0 Å². The molecule has 0 bridgehead atoms. The van der Waals surface area contributed by atoms with E-state index in [2.05, 4.69) is 4.99 Å². The zero-order valence-electron chi connectivity index (χ0n) is 24.1. The number of nitrogens with zero attached hydrogens (tertiary/aromatic N) is 3. The van der Waals surface area contributed by atoms with E-state index in [0.717, 1.165) is 25.9 Å². The highest BCUT2D eigenvalue weighted by atomic mass is 32.1. The van der Waals surface area contributed by atoms with Crippen molar-refractivity contribution >= 4 is 29.3 Å². The lowest BCUT2D eigenvalue weighted by Gasteiger charge is -2.24. The van der Waals surface area contributed by atoms with Crippen molar-refractivity contribution in [1.82, 2.24) is 9.47 Å². The van der Waals surface area contributed by atoms with Crippen LogP contribution < -0.4 is 33.8 Å². The number of ether oxygens (including phenoxy) is 5. The van der Waals surface area contributed by atoms with E-state index in [9.17, 15) is 14.4 Å². The lowest BCUT2D eigenvalue weighted by atomic mass is 9.95. The second kappa shape index (κ2) is 12.0. The summed E-state index contributed by atoms with van der Waals surface area (Å²) in [6, 6.07) is 9.84. The van der Waals surface area contributed by atoms with Crippen molar-refractivity contribution in [3.63, 3.8) is 0 Å². The van der Waals surface area contributed by atoms with Gasteiger partial charge in [-0.05, 0) is 68.2 Å². The van der Waals surface area contributed by atoms with Crippen molar-refractivity contribution in [2.45, 2.75) is 32.7 Å². The van der Waals surface area contributed by atoms with Gasteiger partial charge in [0.2, 0.25) is 6.79 Å². The molecule has 3 aromatic rings. The first-order valence-corrected chi connectivity index (χ1v) is 14.9. The van der Waals surface area contributed by atoms with Crippen LogP contribution in [0.4, 0.5) is 0 Å². The Morgan fingerprint density at radius 3 is 2.65 bits per heavy atom. The normalized spacial score (nSPS) is 17.5. The molecule has 43 heavy (non-hydrogen) atoms. The Balaban J connectivity index is 1.36. The Kier molecular flexibility index (Phi) is 7.94. The van der Waals surface area contributed by atoms with E-state index in [1.165, 1.54) is 23.0 Å². The largest absolute Gasteiger partial charge is 0.493 e. The molecule has 0 spiro atoms. The third-order valence-corrected chi connectivity index (χ3v) is 8.51. The number of esters is 1. The first-order valence-electron chi connectivity index (χ1n) is 14.1. The van der Waals surface area contributed by atoms with Crippen LogP contribution in [0.5, 0.6) is 23.0 Å². The predicted octanol–water partition coefficient (Wildman–Crippen LogP) is 2.54. The van der Waals surface area contributed by atoms with Crippen LogP contribution in [0, 0.1) is 0 Å². The standard InChI is InChI=1S/C31H31N3O8S/c1-4-39-30(37)27-18(2)32-31-34(28(27)20-8-10-22-24(15-20)42-17-41-22)29(36)25(43-31)14-19-7-9-21(23(13-19)38-3)40-16-26(35)33-11-5-6-12-33/h7-10,13-15,28H,4-6,11-12,16-17H2,1-3H3/b25-14+/t28-/m1/s1. The number of carbonyl (C=O) groups is 2. The highest BCUT2D eigenvalue weighted by molar-refractivity contribution is 7.07. The Morgan fingerprint density at radius 1 is 1.09 bits per heavy atom. The third-order valence-electron chi connectivity index (χ3n) is 7.52. The summed E-state index contributed by atoms with van der Waals surface area (Å²) >= 11 is 1.22. The molecule has 6 rings (SSSR count). The number of methoxy groups -OCH3 is 1. The van der Waals surface area contributed by atoms with Gasteiger partial charge in [0.1, 0.15) is 0 Å². The number of rotatable bonds is 8. The molecular weight excluding hydrogens is 574 g/mol. The van der Waals surface area contributed by atoms with Crippen molar-refractivity contribution in [3.05, 3.63) is 78.5 Å². The molecule has 1 saturated heterocycles. The minimum absolute atomic E-state index is 0.0563. The highest BCUT2D eigenvalue weighted by Gasteiger charge is 2.34. The molecule has 3 aliphatic heterocycles. The first-order chi connectivity index (χ1) is 20.9. The molecule has 0 unspecified atom stereocenters. The van der Waals surface area contributed by atoms with Crippen molar-refractivity contribution in [1.29, 1.82) is 0 Å². The van der Waals surface area contributed by atoms with Gasteiger partial charge in [-0.1, -0.05) is 23.5 Å². The average molecular weight is 606 g/mol. The second-order valence-electron chi connectivity index (χ2n) is 10.2. The maximum atomic E-state index is 13.9. The highest BCUT2D eigenvalue weighted by Crippen LogP contribution is 2.38. The SMILES string of the molecule is CCOC(=O)C1=C(C)N=c2s/c(=C/c3ccc(OCC(=O)N4CCCC4)c(OC)c3)c(=O)n2[C@@H]1c1ccc2c(c1)OCO2. The minimum atomic E-state index is -0.773. The third kappa shape index (κ3) is 5.50. The number of benzene rings is 2. The van der Waals surface area contributed by atoms with Crippen molar-refractivity contribution in [2.75, 3.05) is 40.2 Å². The summed E-state index contributed by atoms with van der Waals surface area (Å²) in [4.78, 5) is 46.4. The Hall–Kier alpha value is -4.58. The number of thiazole rings is 1. The fourth-order valence-corrected chi connectivity index (χ4v) is 6.48. The summed E-state index contributed by atoms with van der Waals surface area (Å²) in [5.74, 6) is 1.41. The molecule has 0 saturated carbocycles. The van der Waals surface area contributed by atoms with Crippen LogP contribution in [0.2, 0.25) is 0 Å². The predicted molar refractivity (Wildman–Crippen MR) is 157 cm³/mol. The van der Waals surface area contributed by atoms with E-state index in [1.807, 2.05) is 6.07 Å². The van der Waals surface area contributed by atoms with Crippen LogP contribution in [-0.2, 0) is 14.3 Å². The van der Waals surface area contributed by atoms with Gasteiger partial charge in [-0.3, -0.25) is 14.2 Å². The van der Waals surface area contributed by atoms with Crippen LogP contribution in [0.15, 0.2) is 57.5 Å². The van der Waals surface area contributed by atoms with Crippen molar-refractivity contribution in [3.8, 4) is 23.0 Å². The lowest BCUT2D eigenvalue weighted by molar-refractivity contribution is -0.139. The summed E-state index contributed by atoms with van der Waals surface area (Å²) in [5.41, 5.74) is 1.81. The molecule has 11 nitrogen and oxygen atoms in total. The van der Waals surface area contributed by atoms with Crippen molar-refractivity contribution in [2.24, 2.45) is 4.99 Å². The topological polar surface area (TPSA) is 118 Å². The summed E-state index contributed by atoms with van der Waals surface area (Å²) in [6.07, 6.45) is 3.76. The monoisotopic (exact) mass is 605 g/mol. The van der Waals surface area contributed by atoms with Crippen LogP contribution in [0.3, 0.4) is 0 Å². The second-order valence-corrected chi connectivity index (χ2v) is 11.2. The van der Waals surface area contributed by atoms with Gasteiger partial charge in [0, 0.05) is 13.1 Å². The summed E-state index contributed by atoms with van der Waals surface area (Å²) in [6.45, 7) is 5.19. The van der Waals surface area contributed by atoms with Crippen LogP contribution >= 0.6 is 11.3 Å². The molecule has 0 radical (unpaired) electrons. The Morgan fingerprint density at radius 2 is 1.88 bits per heavy atom. The van der Waals surface area contributed by atoms with E-state index in [4.69, 9.17) is 23.7 Å². The van der Waals surface area contributed by atoms with Crippen molar-refractivity contribution < 1.29 is 33.3 Å². The molecule has 224 valence electrons. The number of carbonyl (C=O) groups excluding carboxylic acids is 2. The Bertz CT molecular complexity index is 1800. The Labute approximate surface area is 251 Å². The molecule has 1 atom stereocenters. The van der Waals surface area contributed by atoms with E-state index in [0.29, 0.717) is 49.2 Å². The molecule has 4 heterocycles. The molecular formula is C31H31N3O8S. The van der Waals surface area contributed by atoms with E-state index in [1.54, 1.807) is 55.2 Å². The number of fused-ring (bicyclic) bond motifs is 2. The number of allylic oxidation sites excluding steroid dienone is 1. The molecule has 1 amide bonds. The zero-order chi connectivity index (χ0) is 30.1. The quantitative estimate of drug-likeness (QED) is 0.360. The van der Waals surface area contributed by atoms with Gasteiger partial charge in [0.15, 0.2) is 34.4 Å². The maximum Gasteiger partial charge on any atom is 0.338 e. The van der Waals surface area contributed by atoms with E-state index in [-0.39, 0.29) is 37.0 Å². The summed E-state index contributed by atoms with van der Waals surface area (Å²) in [7, 11) is 1.52. The first kappa shape index (κ1) is 28.5.